The summed E-state index contributed by atoms with van der Waals surface area (Å²) >= 11 is 3.04. The fourth-order valence-corrected chi connectivity index (χ4v) is 2.38. The Balaban J connectivity index is 2.12. The number of pyridine rings is 1. The molecule has 0 aliphatic rings. The van der Waals surface area contributed by atoms with Gasteiger partial charge in [-0.25, -0.2) is 18.2 Å². The first kappa shape index (κ1) is 14.8. The van der Waals surface area contributed by atoms with Gasteiger partial charge < -0.3 is 4.74 Å². The van der Waals surface area contributed by atoms with Crippen molar-refractivity contribution in [3.05, 3.63) is 64.5 Å². The van der Waals surface area contributed by atoms with Crippen LogP contribution in [0.2, 0.25) is 0 Å². The fourth-order valence-electron chi connectivity index (χ4n) is 2.03. The molecule has 22 heavy (non-hydrogen) atoms. The van der Waals surface area contributed by atoms with Gasteiger partial charge in [0.05, 0.1) is 9.99 Å². The lowest BCUT2D eigenvalue weighted by molar-refractivity contribution is 0.143. The zero-order valence-corrected chi connectivity index (χ0v) is 12.6. The molecule has 0 fully saturated rings. The highest BCUT2D eigenvalue weighted by atomic mass is 79.9. The molecule has 0 radical (unpaired) electrons. The van der Waals surface area contributed by atoms with Crippen LogP contribution in [-0.2, 0) is 0 Å². The highest BCUT2D eigenvalue weighted by Gasteiger charge is 2.19. The van der Waals surface area contributed by atoms with Crippen molar-refractivity contribution in [1.82, 2.24) is 4.98 Å². The number of para-hydroxylation sites is 1. The van der Waals surface area contributed by atoms with Gasteiger partial charge in [0.25, 0.3) is 6.43 Å². The van der Waals surface area contributed by atoms with Crippen molar-refractivity contribution in [1.29, 1.82) is 0 Å². The Morgan fingerprint density at radius 2 is 1.77 bits per heavy atom. The topological polar surface area (TPSA) is 22.1 Å². The number of aromatic nitrogens is 1. The minimum atomic E-state index is -2.80. The molecule has 0 aliphatic carbocycles. The molecule has 0 spiro atoms. The number of hydrogen-bond donors (Lipinski definition) is 0. The Labute approximate surface area is 132 Å². The molecule has 2 nitrogen and oxygen atoms in total. The number of alkyl halides is 2. The Bertz CT molecular complexity index is 839. The van der Waals surface area contributed by atoms with Crippen LogP contribution in [-0.4, -0.2) is 4.98 Å². The highest BCUT2D eigenvalue weighted by Crippen LogP contribution is 2.37. The smallest absolute Gasteiger partial charge is 0.284 e. The fraction of sp³-hybridized carbons (Fsp3) is 0.0625. The second-order valence-electron chi connectivity index (χ2n) is 4.52. The predicted molar refractivity (Wildman–Crippen MR) is 80.9 cm³/mol. The molecule has 3 aromatic rings. The number of fused-ring (bicyclic) bond motifs is 1. The third-order valence-corrected chi connectivity index (χ3v) is 3.83. The van der Waals surface area contributed by atoms with Crippen LogP contribution in [0.5, 0.6) is 11.5 Å². The van der Waals surface area contributed by atoms with Gasteiger partial charge in [-0.15, -0.1) is 0 Å². The summed E-state index contributed by atoms with van der Waals surface area (Å²) in [5, 5.41) is 0.662. The Morgan fingerprint density at radius 1 is 1.00 bits per heavy atom. The first-order valence-electron chi connectivity index (χ1n) is 6.36. The maximum Gasteiger partial charge on any atom is 0.284 e. The summed E-state index contributed by atoms with van der Waals surface area (Å²) in [6.07, 6.45) is -2.80. The standard InChI is InChI=1S/C16H9BrF3NO/c17-14-10(18)5-3-7-12(14)22-13-8-9-4-1-2-6-11(9)21-15(13)16(19)20/h1-8,16H. The molecule has 1 heterocycles. The van der Waals surface area contributed by atoms with E-state index < -0.39 is 17.9 Å². The summed E-state index contributed by atoms with van der Waals surface area (Å²) in [4.78, 5) is 3.94. The summed E-state index contributed by atoms with van der Waals surface area (Å²) < 4.78 is 45.5. The lowest BCUT2D eigenvalue weighted by Gasteiger charge is -2.12. The summed E-state index contributed by atoms with van der Waals surface area (Å²) in [6.45, 7) is 0. The summed E-state index contributed by atoms with van der Waals surface area (Å²) in [5.41, 5.74) is -0.0293. The molecule has 3 rings (SSSR count). The molecule has 1 aromatic heterocycles. The number of halogens is 4. The second-order valence-corrected chi connectivity index (χ2v) is 5.31. The van der Waals surface area contributed by atoms with Crippen LogP contribution in [0, 0.1) is 5.82 Å². The van der Waals surface area contributed by atoms with Crippen LogP contribution in [0.25, 0.3) is 10.9 Å². The second kappa shape index (κ2) is 5.96. The van der Waals surface area contributed by atoms with E-state index in [9.17, 15) is 13.2 Å². The lowest BCUT2D eigenvalue weighted by atomic mass is 10.2. The SMILES string of the molecule is Fc1cccc(Oc2cc3ccccc3nc2C(F)F)c1Br. The van der Waals surface area contributed by atoms with Crippen LogP contribution in [0.3, 0.4) is 0 Å². The van der Waals surface area contributed by atoms with E-state index in [4.69, 9.17) is 4.74 Å². The molecule has 0 saturated carbocycles. The quantitative estimate of drug-likeness (QED) is 0.577. The van der Waals surface area contributed by atoms with Crippen LogP contribution in [0.1, 0.15) is 12.1 Å². The number of nitrogens with zero attached hydrogens (tertiary/aromatic N) is 1. The number of benzene rings is 2. The zero-order valence-electron chi connectivity index (χ0n) is 11.1. The van der Waals surface area contributed by atoms with E-state index in [1.807, 2.05) is 0 Å². The van der Waals surface area contributed by atoms with Gasteiger partial charge in [0, 0.05) is 5.39 Å². The van der Waals surface area contributed by atoms with E-state index in [1.54, 1.807) is 24.3 Å². The van der Waals surface area contributed by atoms with Crippen molar-refractivity contribution in [3.63, 3.8) is 0 Å². The van der Waals surface area contributed by atoms with E-state index in [1.165, 1.54) is 24.3 Å². The molecule has 0 bridgehead atoms. The highest BCUT2D eigenvalue weighted by molar-refractivity contribution is 9.10. The summed E-state index contributed by atoms with van der Waals surface area (Å²) in [6, 6.07) is 12.5. The Morgan fingerprint density at radius 3 is 2.55 bits per heavy atom. The molecular formula is C16H9BrF3NO. The average Bonchev–Trinajstić information content (AvgIpc) is 2.51. The van der Waals surface area contributed by atoms with Gasteiger partial charge in [-0.1, -0.05) is 24.3 Å². The third kappa shape index (κ3) is 2.78. The van der Waals surface area contributed by atoms with Crippen molar-refractivity contribution >= 4 is 26.8 Å². The largest absolute Gasteiger partial charge is 0.454 e. The van der Waals surface area contributed by atoms with E-state index in [2.05, 4.69) is 20.9 Å². The monoisotopic (exact) mass is 367 g/mol. The molecule has 0 amide bonds. The molecule has 0 saturated heterocycles. The minimum Gasteiger partial charge on any atom is -0.454 e. The van der Waals surface area contributed by atoms with Gasteiger partial charge in [0.1, 0.15) is 17.3 Å². The van der Waals surface area contributed by atoms with Gasteiger partial charge in [0.2, 0.25) is 0 Å². The van der Waals surface area contributed by atoms with Gasteiger partial charge >= 0.3 is 0 Å². The van der Waals surface area contributed by atoms with E-state index >= 15 is 0 Å². The Hall–Kier alpha value is -2.08. The van der Waals surface area contributed by atoms with E-state index in [-0.39, 0.29) is 16.0 Å². The normalized spacial score (nSPS) is 11.1. The van der Waals surface area contributed by atoms with Crippen LogP contribution in [0.4, 0.5) is 13.2 Å². The molecule has 112 valence electrons. The maximum absolute atomic E-state index is 13.5. The lowest BCUT2D eigenvalue weighted by Crippen LogP contribution is -1.98. The van der Waals surface area contributed by atoms with Crippen molar-refractivity contribution in [2.75, 3.05) is 0 Å². The minimum absolute atomic E-state index is 0.0726. The van der Waals surface area contributed by atoms with E-state index in [0.29, 0.717) is 10.9 Å². The van der Waals surface area contributed by atoms with Gasteiger partial charge in [-0.3, -0.25) is 0 Å². The molecule has 0 atom stereocenters. The predicted octanol–water partition coefficient (Wildman–Crippen LogP) is 5.87. The van der Waals surface area contributed by atoms with Crippen molar-refractivity contribution < 1.29 is 17.9 Å². The van der Waals surface area contributed by atoms with Crippen molar-refractivity contribution in [2.45, 2.75) is 6.43 Å². The van der Waals surface area contributed by atoms with E-state index in [0.717, 1.165) is 0 Å². The van der Waals surface area contributed by atoms with Crippen molar-refractivity contribution in [3.8, 4) is 11.5 Å². The first-order valence-corrected chi connectivity index (χ1v) is 7.15. The van der Waals surface area contributed by atoms with Gasteiger partial charge in [0.15, 0.2) is 5.75 Å². The number of hydrogen-bond acceptors (Lipinski definition) is 2. The Kier molecular flexibility index (Phi) is 4.02. The van der Waals surface area contributed by atoms with Gasteiger partial charge in [-0.2, -0.15) is 0 Å². The molecule has 0 N–H and O–H groups in total. The summed E-state index contributed by atoms with van der Waals surface area (Å²) in [7, 11) is 0. The third-order valence-electron chi connectivity index (χ3n) is 3.06. The molecule has 6 heteroatoms. The number of ether oxygens (including phenoxy) is 1. The summed E-state index contributed by atoms with van der Waals surface area (Å²) in [5.74, 6) is -0.524. The number of rotatable bonds is 3. The maximum atomic E-state index is 13.5. The average molecular weight is 368 g/mol. The molecule has 2 aromatic carbocycles. The van der Waals surface area contributed by atoms with Crippen LogP contribution in [0.15, 0.2) is 53.0 Å². The van der Waals surface area contributed by atoms with Crippen LogP contribution >= 0.6 is 15.9 Å². The van der Waals surface area contributed by atoms with Crippen LogP contribution < -0.4 is 4.74 Å². The first-order chi connectivity index (χ1) is 10.6. The van der Waals surface area contributed by atoms with Gasteiger partial charge in [-0.05, 0) is 40.2 Å². The molecule has 0 aliphatic heterocycles. The molecule has 0 unspecified atom stereocenters. The zero-order chi connectivity index (χ0) is 15.7. The molecular weight excluding hydrogens is 359 g/mol. The van der Waals surface area contributed by atoms with Crippen molar-refractivity contribution in [2.24, 2.45) is 0 Å².